The lowest BCUT2D eigenvalue weighted by Gasteiger charge is -2.06. The van der Waals surface area contributed by atoms with Gasteiger partial charge in [-0.3, -0.25) is 4.79 Å². The summed E-state index contributed by atoms with van der Waals surface area (Å²) in [4.78, 5) is 21.6. The van der Waals surface area contributed by atoms with Crippen molar-refractivity contribution in [2.45, 2.75) is 161 Å². The van der Waals surface area contributed by atoms with E-state index in [1.54, 1.807) is 0 Å². The Morgan fingerprint density at radius 3 is 1.06 bits per heavy atom. The highest BCUT2D eigenvalue weighted by molar-refractivity contribution is 5.80. The number of carbonyl (C=O) groups is 2. The van der Waals surface area contributed by atoms with Gasteiger partial charge >= 0.3 is 0 Å². The molecule has 0 unspecified atom stereocenters. The second-order valence-electron chi connectivity index (χ2n) is 9.68. The molecule has 32 heavy (non-hydrogen) atoms. The molecule has 0 bridgehead atoms. The first kappa shape index (κ1) is 30.9. The van der Waals surface area contributed by atoms with E-state index >= 15 is 0 Å². The fourth-order valence-electron chi connectivity index (χ4n) is 4.33. The Morgan fingerprint density at radius 1 is 0.500 bits per heavy atom. The maximum Gasteiger partial charge on any atom is 0.220 e. The third kappa shape index (κ3) is 27.0. The van der Waals surface area contributed by atoms with Gasteiger partial charge in [-0.15, -0.1) is 0 Å². The quantitative estimate of drug-likeness (QED) is 0.141. The van der Waals surface area contributed by atoms with Crippen LogP contribution in [-0.4, -0.2) is 18.4 Å². The topological polar surface area (TPSA) is 69.2 Å². The molecule has 0 fully saturated rings. The first-order chi connectivity index (χ1) is 15.7. The van der Waals surface area contributed by atoms with Crippen LogP contribution in [0.25, 0.3) is 0 Å². The molecule has 0 aromatic heterocycles. The average Bonchev–Trinajstić information content (AvgIpc) is 2.78. The third-order valence-electron chi connectivity index (χ3n) is 6.44. The third-order valence-corrected chi connectivity index (χ3v) is 6.44. The number of aliphatic carboxylic acids is 1. The highest BCUT2D eigenvalue weighted by Gasteiger charge is 2.00. The number of unbranched alkanes of at least 4 members (excludes halogenated alkanes) is 22. The van der Waals surface area contributed by atoms with Crippen molar-refractivity contribution >= 4 is 11.9 Å². The summed E-state index contributed by atoms with van der Waals surface area (Å²) in [6, 6.07) is 0. The molecule has 1 N–H and O–H groups in total. The molecule has 0 aliphatic heterocycles. The number of carbonyl (C=O) groups excluding carboxylic acids is 2. The molecule has 0 saturated heterocycles. The Bertz CT molecular complexity index is 411. The second kappa shape index (κ2) is 26.2. The molecule has 0 radical (unpaired) electrons. The maximum absolute atomic E-state index is 11.4. The molecule has 190 valence electrons. The van der Waals surface area contributed by atoms with Crippen LogP contribution in [0.5, 0.6) is 0 Å². The van der Waals surface area contributed by atoms with E-state index in [0.717, 1.165) is 12.8 Å². The molecule has 0 rings (SSSR count). The van der Waals surface area contributed by atoms with Gasteiger partial charge in [-0.2, -0.15) is 0 Å². The van der Waals surface area contributed by atoms with E-state index in [2.05, 4.69) is 12.2 Å². The molecule has 0 aromatic rings. The number of hydrogen-bond donors (Lipinski definition) is 1. The van der Waals surface area contributed by atoms with Gasteiger partial charge in [-0.1, -0.05) is 148 Å². The van der Waals surface area contributed by atoms with Crippen molar-refractivity contribution in [2.24, 2.45) is 0 Å². The van der Waals surface area contributed by atoms with Gasteiger partial charge < -0.3 is 15.2 Å². The summed E-state index contributed by atoms with van der Waals surface area (Å²) in [5, 5.41) is 12.6. The molecule has 0 heterocycles. The van der Waals surface area contributed by atoms with Crippen molar-refractivity contribution in [3.63, 3.8) is 0 Å². The van der Waals surface area contributed by atoms with Crippen molar-refractivity contribution in [3.05, 3.63) is 0 Å². The van der Waals surface area contributed by atoms with E-state index in [-0.39, 0.29) is 12.5 Å². The van der Waals surface area contributed by atoms with Crippen LogP contribution in [0, 0.1) is 0 Å². The van der Waals surface area contributed by atoms with E-state index in [4.69, 9.17) is 0 Å². The van der Waals surface area contributed by atoms with Gasteiger partial charge in [0.2, 0.25) is 5.91 Å². The standard InChI is InChI=1S/C28H55NO3/c1-2-3-4-5-6-7-8-9-10-11-12-13-14-15-16-17-18-19-20-21-22-23-24-25-27(30)29-26-28(31)32/h2-26H2,1H3,(H,29,30)(H,31,32)/p-1. The number of carboxylic acids is 1. The van der Waals surface area contributed by atoms with Crippen molar-refractivity contribution in [1.29, 1.82) is 0 Å². The molecule has 1 amide bonds. The van der Waals surface area contributed by atoms with Crippen LogP contribution >= 0.6 is 0 Å². The minimum absolute atomic E-state index is 0.183. The minimum Gasteiger partial charge on any atom is -0.548 e. The molecule has 0 spiro atoms. The van der Waals surface area contributed by atoms with Crippen LogP contribution < -0.4 is 10.4 Å². The van der Waals surface area contributed by atoms with Crippen molar-refractivity contribution in [1.82, 2.24) is 5.32 Å². The largest absolute Gasteiger partial charge is 0.548 e. The lowest BCUT2D eigenvalue weighted by atomic mass is 10.0. The zero-order valence-electron chi connectivity index (χ0n) is 21.4. The highest BCUT2D eigenvalue weighted by atomic mass is 16.4. The predicted molar refractivity (Wildman–Crippen MR) is 134 cm³/mol. The zero-order chi connectivity index (χ0) is 23.5. The summed E-state index contributed by atoms with van der Waals surface area (Å²) in [7, 11) is 0. The fraction of sp³-hybridized carbons (Fsp3) is 0.929. The van der Waals surface area contributed by atoms with Gasteiger partial charge in [0.15, 0.2) is 0 Å². The fourth-order valence-corrected chi connectivity index (χ4v) is 4.33. The summed E-state index contributed by atoms with van der Waals surface area (Å²) in [6.07, 6.45) is 31.6. The smallest absolute Gasteiger partial charge is 0.220 e. The number of nitrogens with one attached hydrogen (secondary N) is 1. The molecule has 0 atom stereocenters. The summed E-state index contributed by atoms with van der Waals surface area (Å²) >= 11 is 0. The van der Waals surface area contributed by atoms with Gasteiger partial charge in [-0.05, 0) is 6.42 Å². The van der Waals surface area contributed by atoms with Gasteiger partial charge in [-0.25, -0.2) is 0 Å². The normalized spacial score (nSPS) is 11.0. The lowest BCUT2D eigenvalue weighted by Crippen LogP contribution is -2.37. The summed E-state index contributed by atoms with van der Waals surface area (Å²) in [6.45, 7) is 1.91. The van der Waals surface area contributed by atoms with Crippen molar-refractivity contribution in [2.75, 3.05) is 6.54 Å². The van der Waals surface area contributed by atoms with Crippen LogP contribution in [0.15, 0.2) is 0 Å². The van der Waals surface area contributed by atoms with Crippen molar-refractivity contribution in [3.8, 4) is 0 Å². The number of hydrogen-bond acceptors (Lipinski definition) is 3. The Balaban J connectivity index is 3.08. The SMILES string of the molecule is CCCCCCCCCCCCCCCCCCCCCCCCCC(=O)NCC(=O)[O-]. The van der Waals surface area contributed by atoms with Crippen LogP contribution in [0.1, 0.15) is 161 Å². The van der Waals surface area contributed by atoms with Gasteiger partial charge in [0.25, 0.3) is 0 Å². The van der Waals surface area contributed by atoms with Crippen LogP contribution in [-0.2, 0) is 9.59 Å². The summed E-state index contributed by atoms with van der Waals surface area (Å²) in [5.74, 6) is -1.42. The molecule has 0 aliphatic carbocycles. The Morgan fingerprint density at radius 2 is 0.781 bits per heavy atom. The van der Waals surface area contributed by atoms with Gasteiger partial charge in [0.1, 0.15) is 0 Å². The van der Waals surface area contributed by atoms with Crippen LogP contribution in [0.3, 0.4) is 0 Å². The Labute approximate surface area is 199 Å². The van der Waals surface area contributed by atoms with E-state index in [1.165, 1.54) is 135 Å². The summed E-state index contributed by atoms with van der Waals surface area (Å²) < 4.78 is 0. The molecular weight excluding hydrogens is 398 g/mol. The Hall–Kier alpha value is -1.06. The molecule has 4 heteroatoms. The lowest BCUT2D eigenvalue weighted by molar-refractivity contribution is -0.304. The van der Waals surface area contributed by atoms with Gasteiger partial charge in [0.05, 0.1) is 12.5 Å². The number of carboxylic acid groups (broad SMARTS) is 1. The average molecular weight is 453 g/mol. The van der Waals surface area contributed by atoms with Gasteiger partial charge in [0, 0.05) is 6.42 Å². The second-order valence-corrected chi connectivity index (χ2v) is 9.68. The molecule has 0 saturated carbocycles. The monoisotopic (exact) mass is 452 g/mol. The predicted octanol–water partition coefficient (Wildman–Crippen LogP) is 7.23. The van der Waals surface area contributed by atoms with Crippen LogP contribution in [0.4, 0.5) is 0 Å². The first-order valence-electron chi connectivity index (χ1n) is 14.1. The Kier molecular flexibility index (Phi) is 25.3. The van der Waals surface area contributed by atoms with Crippen molar-refractivity contribution < 1.29 is 14.7 Å². The molecule has 0 aromatic carbocycles. The zero-order valence-corrected chi connectivity index (χ0v) is 21.4. The maximum atomic E-state index is 11.4. The van der Waals surface area contributed by atoms with E-state index in [1.807, 2.05) is 0 Å². The highest BCUT2D eigenvalue weighted by Crippen LogP contribution is 2.15. The van der Waals surface area contributed by atoms with E-state index in [0.29, 0.717) is 6.42 Å². The molecule has 4 nitrogen and oxygen atoms in total. The summed E-state index contributed by atoms with van der Waals surface area (Å²) in [5.41, 5.74) is 0. The molecule has 0 aliphatic rings. The van der Waals surface area contributed by atoms with E-state index < -0.39 is 5.97 Å². The minimum atomic E-state index is -1.23. The van der Waals surface area contributed by atoms with E-state index in [9.17, 15) is 14.7 Å². The molecular formula is C28H54NO3-. The number of amides is 1. The van der Waals surface area contributed by atoms with Crippen LogP contribution in [0.2, 0.25) is 0 Å². The number of rotatable bonds is 26. The first-order valence-corrected chi connectivity index (χ1v) is 14.1.